The van der Waals surface area contributed by atoms with Crippen molar-refractivity contribution in [3.8, 4) is 11.1 Å². The van der Waals surface area contributed by atoms with Crippen molar-refractivity contribution < 1.29 is 14.7 Å². The van der Waals surface area contributed by atoms with E-state index in [9.17, 15) is 14.4 Å². The highest BCUT2D eigenvalue weighted by atomic mass is 35.5. The normalized spacial score (nSPS) is 15.1. The molecule has 0 saturated heterocycles. The highest BCUT2D eigenvalue weighted by Gasteiger charge is 2.35. The number of hydrogen-bond acceptors (Lipinski definition) is 4. The van der Waals surface area contributed by atoms with E-state index in [1.807, 2.05) is 37.3 Å². The van der Waals surface area contributed by atoms with Crippen LogP contribution in [0.1, 0.15) is 42.0 Å². The maximum Gasteiger partial charge on any atom is 0.303 e. The largest absolute Gasteiger partial charge is 0.481 e. The number of aromatic nitrogens is 1. The van der Waals surface area contributed by atoms with Gasteiger partial charge in [-0.1, -0.05) is 59.1 Å². The van der Waals surface area contributed by atoms with E-state index in [4.69, 9.17) is 28.3 Å². The van der Waals surface area contributed by atoms with E-state index in [-0.39, 0.29) is 24.8 Å². The van der Waals surface area contributed by atoms with Crippen LogP contribution >= 0.6 is 23.2 Å². The average Bonchev–Trinajstić information content (AvgIpc) is 3.33. The fraction of sp³-hybridized carbons (Fsp3) is 0.172. The van der Waals surface area contributed by atoms with E-state index in [0.29, 0.717) is 32.4 Å². The SMILES string of the molecule is Cc1ccc2[nH]c(=O)c(C3=NN(C(=O)CCC(=O)O)C(c4ccc(Cl)cc4)C3)c(-c3ccc(Cl)cc3)c2c1. The molecule has 3 aromatic carbocycles. The molecular weight excluding hydrogens is 525 g/mol. The molecule has 1 aliphatic heterocycles. The predicted octanol–water partition coefficient (Wildman–Crippen LogP) is 6.35. The van der Waals surface area contributed by atoms with Crippen molar-refractivity contribution in [1.29, 1.82) is 0 Å². The van der Waals surface area contributed by atoms with Gasteiger partial charge in [-0.3, -0.25) is 14.4 Å². The third-order valence-electron chi connectivity index (χ3n) is 6.56. The molecule has 1 amide bonds. The molecule has 0 radical (unpaired) electrons. The molecule has 0 aliphatic carbocycles. The molecular formula is C29H23Cl2N3O4. The van der Waals surface area contributed by atoms with Gasteiger partial charge in [-0.05, 0) is 54.4 Å². The number of hydrogen-bond donors (Lipinski definition) is 2. The number of hydrazone groups is 1. The van der Waals surface area contributed by atoms with Crippen LogP contribution in [-0.4, -0.2) is 32.7 Å². The number of aromatic amines is 1. The number of carboxylic acids is 1. The van der Waals surface area contributed by atoms with Gasteiger partial charge in [0.25, 0.3) is 5.56 Å². The summed E-state index contributed by atoms with van der Waals surface area (Å²) in [5, 5.41) is 17.0. The number of benzene rings is 3. The zero-order valence-electron chi connectivity index (χ0n) is 20.4. The molecule has 4 aromatic rings. The fourth-order valence-corrected chi connectivity index (χ4v) is 5.01. The summed E-state index contributed by atoms with van der Waals surface area (Å²) in [6.45, 7) is 1.97. The van der Waals surface area contributed by atoms with Gasteiger partial charge in [0.1, 0.15) is 0 Å². The summed E-state index contributed by atoms with van der Waals surface area (Å²) in [7, 11) is 0. The molecule has 5 rings (SSSR count). The van der Waals surface area contributed by atoms with Crippen LogP contribution in [0.15, 0.2) is 76.6 Å². The third-order valence-corrected chi connectivity index (χ3v) is 7.07. The van der Waals surface area contributed by atoms with Crippen molar-refractivity contribution in [2.75, 3.05) is 0 Å². The van der Waals surface area contributed by atoms with Crippen molar-refractivity contribution in [3.05, 3.63) is 104 Å². The van der Waals surface area contributed by atoms with Gasteiger partial charge in [-0.2, -0.15) is 5.10 Å². The molecule has 0 fully saturated rings. The second-order valence-corrected chi connectivity index (χ2v) is 10.1. The van der Waals surface area contributed by atoms with Crippen LogP contribution in [0.2, 0.25) is 10.0 Å². The van der Waals surface area contributed by atoms with E-state index in [0.717, 1.165) is 22.1 Å². The number of fused-ring (bicyclic) bond motifs is 1. The van der Waals surface area contributed by atoms with Crippen LogP contribution in [0, 0.1) is 6.92 Å². The second-order valence-electron chi connectivity index (χ2n) is 9.21. The smallest absolute Gasteiger partial charge is 0.303 e. The number of rotatable bonds is 6. The van der Waals surface area contributed by atoms with E-state index in [2.05, 4.69) is 10.1 Å². The average molecular weight is 548 g/mol. The standard InChI is InChI=1S/C29H23Cl2N3O4/c1-16-2-11-22-21(14-16)27(18-5-9-20(31)10-6-18)28(29(38)32-22)23-15-24(17-3-7-19(30)8-4-17)34(33-23)25(35)12-13-26(36)37/h2-11,14,24H,12-13,15H2,1H3,(H,32,38)(H,36,37). The first-order valence-corrected chi connectivity index (χ1v) is 12.8. The molecule has 0 saturated carbocycles. The van der Waals surface area contributed by atoms with Gasteiger partial charge in [0, 0.05) is 39.4 Å². The summed E-state index contributed by atoms with van der Waals surface area (Å²) >= 11 is 12.2. The Kier molecular flexibility index (Phi) is 7.06. The number of nitrogens with one attached hydrogen (secondary N) is 1. The van der Waals surface area contributed by atoms with E-state index < -0.39 is 17.9 Å². The maximum atomic E-state index is 13.6. The number of carbonyl (C=O) groups excluding carboxylic acids is 1. The molecule has 192 valence electrons. The molecule has 0 bridgehead atoms. The minimum absolute atomic E-state index is 0.215. The topological polar surface area (TPSA) is 103 Å². The van der Waals surface area contributed by atoms with Gasteiger partial charge in [-0.15, -0.1) is 0 Å². The van der Waals surface area contributed by atoms with Crippen LogP contribution < -0.4 is 5.56 Å². The number of carboxylic acid groups (broad SMARTS) is 1. The van der Waals surface area contributed by atoms with Gasteiger partial charge in [-0.25, -0.2) is 5.01 Å². The molecule has 1 atom stereocenters. The molecule has 1 aliphatic rings. The first kappa shape index (κ1) is 25.7. The Morgan fingerprint density at radius 1 is 0.974 bits per heavy atom. The number of aliphatic carboxylic acids is 1. The quantitative estimate of drug-likeness (QED) is 0.293. The number of amides is 1. The Labute approximate surface area is 228 Å². The lowest BCUT2D eigenvalue weighted by molar-refractivity contribution is -0.141. The predicted molar refractivity (Wildman–Crippen MR) is 149 cm³/mol. The van der Waals surface area contributed by atoms with Crippen LogP contribution in [0.3, 0.4) is 0 Å². The molecule has 2 N–H and O–H groups in total. The maximum absolute atomic E-state index is 13.6. The summed E-state index contributed by atoms with van der Waals surface area (Å²) in [5.74, 6) is -1.51. The number of carbonyl (C=O) groups is 2. The first-order valence-electron chi connectivity index (χ1n) is 12.0. The van der Waals surface area contributed by atoms with Gasteiger partial charge < -0.3 is 10.1 Å². The Bertz CT molecular complexity index is 1640. The van der Waals surface area contributed by atoms with Crippen molar-refractivity contribution in [3.63, 3.8) is 0 Å². The summed E-state index contributed by atoms with van der Waals surface area (Å²) in [6, 6.07) is 19.5. The number of aryl methyl sites for hydroxylation is 1. The first-order chi connectivity index (χ1) is 18.2. The van der Waals surface area contributed by atoms with Crippen molar-refractivity contribution >= 4 is 51.7 Å². The minimum Gasteiger partial charge on any atom is -0.481 e. The van der Waals surface area contributed by atoms with Gasteiger partial charge in [0.2, 0.25) is 5.91 Å². The van der Waals surface area contributed by atoms with E-state index in [1.165, 1.54) is 5.01 Å². The highest BCUT2D eigenvalue weighted by molar-refractivity contribution is 6.31. The van der Waals surface area contributed by atoms with Crippen LogP contribution in [0.25, 0.3) is 22.0 Å². The zero-order valence-corrected chi connectivity index (χ0v) is 21.9. The Morgan fingerprint density at radius 3 is 2.29 bits per heavy atom. The minimum atomic E-state index is -1.07. The monoisotopic (exact) mass is 547 g/mol. The summed E-state index contributed by atoms with van der Waals surface area (Å²) in [4.78, 5) is 40.8. The molecule has 0 spiro atoms. The Morgan fingerprint density at radius 2 is 1.63 bits per heavy atom. The van der Waals surface area contributed by atoms with Gasteiger partial charge in [0.15, 0.2) is 0 Å². The summed E-state index contributed by atoms with van der Waals surface area (Å²) in [5.41, 5.74) is 4.41. The van der Waals surface area contributed by atoms with E-state index >= 15 is 0 Å². The zero-order chi connectivity index (χ0) is 27.0. The number of halogens is 2. The number of pyridine rings is 1. The lowest BCUT2D eigenvalue weighted by Crippen LogP contribution is -2.27. The molecule has 2 heterocycles. The van der Waals surface area contributed by atoms with Crippen LogP contribution in [-0.2, 0) is 9.59 Å². The Hall–Kier alpha value is -3.94. The van der Waals surface area contributed by atoms with Gasteiger partial charge in [0.05, 0.1) is 23.7 Å². The third kappa shape index (κ3) is 5.08. The van der Waals surface area contributed by atoms with Crippen molar-refractivity contribution in [2.45, 2.75) is 32.2 Å². The fourth-order valence-electron chi connectivity index (χ4n) is 4.76. The van der Waals surface area contributed by atoms with Crippen LogP contribution in [0.5, 0.6) is 0 Å². The molecule has 7 nitrogen and oxygen atoms in total. The highest BCUT2D eigenvalue weighted by Crippen LogP contribution is 2.38. The second kappa shape index (κ2) is 10.4. The van der Waals surface area contributed by atoms with Crippen LogP contribution in [0.4, 0.5) is 0 Å². The lowest BCUT2D eigenvalue weighted by Gasteiger charge is -2.22. The lowest BCUT2D eigenvalue weighted by atomic mass is 9.90. The van der Waals surface area contributed by atoms with Gasteiger partial charge >= 0.3 is 5.97 Å². The summed E-state index contributed by atoms with van der Waals surface area (Å²) < 4.78 is 0. The molecule has 38 heavy (non-hydrogen) atoms. The molecule has 1 unspecified atom stereocenters. The molecule has 9 heteroatoms. The Balaban J connectivity index is 1.70. The number of H-pyrrole nitrogens is 1. The summed E-state index contributed by atoms with van der Waals surface area (Å²) in [6.07, 6.45) is -0.270. The van der Waals surface area contributed by atoms with Crippen molar-refractivity contribution in [2.24, 2.45) is 5.10 Å². The molecule has 1 aromatic heterocycles. The van der Waals surface area contributed by atoms with E-state index in [1.54, 1.807) is 36.4 Å². The van der Waals surface area contributed by atoms with Crippen molar-refractivity contribution in [1.82, 2.24) is 9.99 Å². The number of nitrogens with zero attached hydrogens (tertiary/aromatic N) is 2.